The highest BCUT2D eigenvalue weighted by molar-refractivity contribution is 7.99. The number of esters is 1. The second-order valence-electron chi connectivity index (χ2n) is 6.25. The molecule has 2 heterocycles. The largest absolute Gasteiger partial charge is 0.461 e. The van der Waals surface area contributed by atoms with Gasteiger partial charge in [0.05, 0.1) is 12.4 Å². The van der Waals surface area contributed by atoms with E-state index >= 15 is 0 Å². The highest BCUT2D eigenvalue weighted by Crippen LogP contribution is 2.27. The van der Waals surface area contributed by atoms with Crippen LogP contribution in [-0.2, 0) is 4.74 Å². The standard InChI is InChI=1S/C20H21N3O4S/c1-5-26-19(25)17-12(3)16(13(4)21-17)15(24)10-28-20-23-22-18(27-20)14-9-7-6-8-11(14)2/h6-9,21H,5,10H2,1-4H3. The third-order valence-corrected chi connectivity index (χ3v) is 5.12. The van der Waals surface area contributed by atoms with E-state index in [1.165, 1.54) is 11.8 Å². The van der Waals surface area contributed by atoms with E-state index in [1.807, 2.05) is 31.2 Å². The summed E-state index contributed by atoms with van der Waals surface area (Å²) in [5.74, 6) is -0.0410. The maximum Gasteiger partial charge on any atom is 0.355 e. The van der Waals surface area contributed by atoms with Crippen LogP contribution in [0, 0.1) is 20.8 Å². The van der Waals surface area contributed by atoms with E-state index in [2.05, 4.69) is 15.2 Å². The fourth-order valence-corrected chi connectivity index (χ4v) is 3.60. The Labute approximate surface area is 166 Å². The molecule has 7 nitrogen and oxygen atoms in total. The Kier molecular flexibility index (Phi) is 5.99. The number of ketones is 1. The van der Waals surface area contributed by atoms with E-state index in [1.54, 1.807) is 20.8 Å². The van der Waals surface area contributed by atoms with Crippen LogP contribution in [0.25, 0.3) is 11.5 Å². The molecule has 3 rings (SSSR count). The third-order valence-electron chi connectivity index (χ3n) is 4.30. The number of ether oxygens (including phenoxy) is 1. The summed E-state index contributed by atoms with van der Waals surface area (Å²) in [5.41, 5.74) is 3.93. The molecule has 0 unspecified atom stereocenters. The first-order chi connectivity index (χ1) is 13.4. The predicted molar refractivity (Wildman–Crippen MR) is 106 cm³/mol. The molecule has 0 aliphatic heterocycles. The summed E-state index contributed by atoms with van der Waals surface area (Å²) in [6, 6.07) is 7.72. The fraction of sp³-hybridized carbons (Fsp3) is 0.300. The van der Waals surface area contributed by atoms with Crippen LogP contribution in [-0.4, -0.2) is 39.3 Å². The minimum Gasteiger partial charge on any atom is -0.461 e. The first-order valence-corrected chi connectivity index (χ1v) is 9.82. The van der Waals surface area contributed by atoms with Gasteiger partial charge in [0, 0.05) is 16.8 Å². The number of nitrogens with zero attached hydrogens (tertiary/aromatic N) is 2. The monoisotopic (exact) mass is 399 g/mol. The van der Waals surface area contributed by atoms with E-state index in [-0.39, 0.29) is 18.1 Å². The Hall–Kier alpha value is -2.87. The molecule has 0 radical (unpaired) electrons. The number of aromatic amines is 1. The number of aromatic nitrogens is 3. The SMILES string of the molecule is CCOC(=O)c1[nH]c(C)c(C(=O)CSc2nnc(-c3ccccc3C)o2)c1C. The smallest absolute Gasteiger partial charge is 0.355 e. The van der Waals surface area contributed by atoms with E-state index < -0.39 is 5.97 Å². The van der Waals surface area contributed by atoms with Gasteiger partial charge in [-0.1, -0.05) is 30.0 Å². The molecule has 2 aromatic heterocycles. The van der Waals surface area contributed by atoms with Gasteiger partial charge >= 0.3 is 5.97 Å². The van der Waals surface area contributed by atoms with Crippen LogP contribution in [0.4, 0.5) is 0 Å². The van der Waals surface area contributed by atoms with Crippen molar-refractivity contribution in [3.8, 4) is 11.5 Å². The normalized spacial score (nSPS) is 10.9. The van der Waals surface area contributed by atoms with Crippen LogP contribution in [0.3, 0.4) is 0 Å². The Morgan fingerprint density at radius 3 is 2.64 bits per heavy atom. The van der Waals surface area contributed by atoms with Gasteiger partial charge in [0.2, 0.25) is 5.89 Å². The summed E-state index contributed by atoms with van der Waals surface area (Å²) in [4.78, 5) is 27.6. The van der Waals surface area contributed by atoms with Crippen molar-refractivity contribution in [1.29, 1.82) is 0 Å². The van der Waals surface area contributed by atoms with Crippen molar-refractivity contribution in [2.75, 3.05) is 12.4 Å². The molecule has 3 aromatic rings. The van der Waals surface area contributed by atoms with Crippen LogP contribution in [0.15, 0.2) is 33.9 Å². The highest BCUT2D eigenvalue weighted by Gasteiger charge is 2.23. The second-order valence-corrected chi connectivity index (χ2v) is 7.17. The average molecular weight is 399 g/mol. The van der Waals surface area contributed by atoms with Crippen molar-refractivity contribution in [2.45, 2.75) is 32.9 Å². The molecule has 0 bridgehead atoms. The molecule has 0 amide bonds. The van der Waals surface area contributed by atoms with Gasteiger partial charge < -0.3 is 14.1 Å². The molecule has 0 aliphatic carbocycles. The lowest BCUT2D eigenvalue weighted by Gasteiger charge is -2.02. The fourth-order valence-electron chi connectivity index (χ4n) is 2.96. The number of nitrogens with one attached hydrogen (secondary N) is 1. The molecule has 1 aromatic carbocycles. The van der Waals surface area contributed by atoms with Crippen molar-refractivity contribution in [3.63, 3.8) is 0 Å². The number of carbonyl (C=O) groups is 2. The van der Waals surface area contributed by atoms with Crippen molar-refractivity contribution in [3.05, 3.63) is 52.3 Å². The zero-order chi connectivity index (χ0) is 20.3. The summed E-state index contributed by atoms with van der Waals surface area (Å²) in [5, 5.41) is 8.40. The van der Waals surface area contributed by atoms with Crippen molar-refractivity contribution in [2.24, 2.45) is 0 Å². The average Bonchev–Trinajstić information content (AvgIpc) is 3.25. The van der Waals surface area contributed by atoms with E-state index in [4.69, 9.17) is 9.15 Å². The topological polar surface area (TPSA) is 98.1 Å². The van der Waals surface area contributed by atoms with Crippen LogP contribution >= 0.6 is 11.8 Å². The van der Waals surface area contributed by atoms with Crippen LogP contribution in [0.5, 0.6) is 0 Å². The summed E-state index contributed by atoms with van der Waals surface area (Å²) in [6.45, 7) is 7.47. The summed E-state index contributed by atoms with van der Waals surface area (Å²) in [7, 11) is 0. The first-order valence-electron chi connectivity index (χ1n) is 8.84. The zero-order valence-corrected chi connectivity index (χ0v) is 17.0. The Morgan fingerprint density at radius 1 is 1.18 bits per heavy atom. The van der Waals surface area contributed by atoms with Gasteiger partial charge in [-0.25, -0.2) is 4.79 Å². The van der Waals surface area contributed by atoms with Crippen molar-refractivity contribution >= 4 is 23.5 Å². The van der Waals surface area contributed by atoms with Crippen LogP contribution in [0.2, 0.25) is 0 Å². The lowest BCUT2D eigenvalue weighted by molar-refractivity contribution is 0.0519. The number of carbonyl (C=O) groups excluding carboxylic acids is 2. The molecule has 8 heteroatoms. The first kappa shape index (κ1) is 19.9. The summed E-state index contributed by atoms with van der Waals surface area (Å²) < 4.78 is 10.7. The Bertz CT molecular complexity index is 1020. The van der Waals surface area contributed by atoms with E-state index in [9.17, 15) is 9.59 Å². The Morgan fingerprint density at radius 2 is 1.93 bits per heavy atom. The molecule has 0 spiro atoms. The molecule has 0 atom stereocenters. The molecule has 0 saturated carbocycles. The second kappa shape index (κ2) is 8.43. The summed E-state index contributed by atoms with van der Waals surface area (Å²) >= 11 is 1.17. The minimum absolute atomic E-state index is 0.122. The molecule has 1 N–H and O–H groups in total. The van der Waals surface area contributed by atoms with Crippen LogP contribution in [0.1, 0.15) is 44.6 Å². The van der Waals surface area contributed by atoms with Crippen LogP contribution < -0.4 is 0 Å². The van der Waals surface area contributed by atoms with Gasteiger partial charge in [-0.2, -0.15) is 0 Å². The molecule has 146 valence electrons. The molecule has 28 heavy (non-hydrogen) atoms. The number of hydrogen-bond donors (Lipinski definition) is 1. The van der Waals surface area contributed by atoms with Gasteiger partial charge in [-0.05, 0) is 44.9 Å². The predicted octanol–water partition coefficient (Wildman–Crippen LogP) is 4.14. The summed E-state index contributed by atoms with van der Waals surface area (Å²) in [6.07, 6.45) is 0. The maximum atomic E-state index is 12.7. The van der Waals surface area contributed by atoms with Gasteiger partial charge in [0.25, 0.3) is 5.22 Å². The molecular formula is C20H21N3O4S. The highest BCUT2D eigenvalue weighted by atomic mass is 32.2. The number of rotatable bonds is 7. The van der Waals surface area contributed by atoms with Gasteiger partial charge in [0.1, 0.15) is 5.69 Å². The molecular weight excluding hydrogens is 378 g/mol. The molecule has 0 saturated heterocycles. The number of benzene rings is 1. The zero-order valence-electron chi connectivity index (χ0n) is 16.2. The number of H-pyrrole nitrogens is 1. The lowest BCUT2D eigenvalue weighted by Crippen LogP contribution is -2.08. The van der Waals surface area contributed by atoms with Gasteiger partial charge in [-0.15, -0.1) is 10.2 Å². The van der Waals surface area contributed by atoms with Gasteiger partial charge in [0.15, 0.2) is 5.78 Å². The maximum absolute atomic E-state index is 12.7. The van der Waals surface area contributed by atoms with E-state index in [0.717, 1.165) is 11.1 Å². The Balaban J connectivity index is 1.72. The lowest BCUT2D eigenvalue weighted by atomic mass is 10.1. The number of aryl methyl sites for hydroxylation is 2. The third kappa shape index (κ3) is 4.01. The molecule has 0 aliphatic rings. The van der Waals surface area contributed by atoms with E-state index in [0.29, 0.717) is 33.6 Å². The van der Waals surface area contributed by atoms with Gasteiger partial charge in [-0.3, -0.25) is 4.79 Å². The van der Waals surface area contributed by atoms with Crippen molar-refractivity contribution in [1.82, 2.24) is 15.2 Å². The minimum atomic E-state index is -0.463. The quantitative estimate of drug-likeness (QED) is 0.362. The number of hydrogen-bond acceptors (Lipinski definition) is 7. The number of thioether (sulfide) groups is 1. The van der Waals surface area contributed by atoms with Crippen molar-refractivity contribution < 1.29 is 18.7 Å². The molecule has 0 fully saturated rings. The number of Topliss-reactive ketones (excluding diaryl/α,β-unsaturated/α-hetero) is 1.